The monoisotopic (exact) mass is 279 g/mol. The number of hydrogen-bond donors (Lipinski definition) is 1. The van der Waals surface area contributed by atoms with Gasteiger partial charge in [0, 0.05) is 12.6 Å². The van der Waals surface area contributed by atoms with Gasteiger partial charge in [-0.25, -0.2) is 9.18 Å². The summed E-state index contributed by atoms with van der Waals surface area (Å²) in [5, 5.41) is 3.49. The van der Waals surface area contributed by atoms with Crippen LogP contribution < -0.4 is 5.32 Å². The third-order valence-corrected chi connectivity index (χ3v) is 4.47. The van der Waals surface area contributed by atoms with Crippen molar-refractivity contribution in [2.45, 2.75) is 39.3 Å². The van der Waals surface area contributed by atoms with Crippen molar-refractivity contribution in [3.05, 3.63) is 35.1 Å². The largest absolute Gasteiger partial charge is 0.465 e. The van der Waals surface area contributed by atoms with Crippen LogP contribution in [-0.4, -0.2) is 19.1 Å². The minimum Gasteiger partial charge on any atom is -0.465 e. The fourth-order valence-electron chi connectivity index (χ4n) is 2.85. The Bertz CT molecular complexity index is 489. The molecule has 0 aliphatic heterocycles. The topological polar surface area (TPSA) is 38.3 Å². The van der Waals surface area contributed by atoms with Gasteiger partial charge < -0.3 is 10.1 Å². The van der Waals surface area contributed by atoms with E-state index in [0.717, 1.165) is 11.5 Å². The van der Waals surface area contributed by atoms with Gasteiger partial charge >= 0.3 is 5.97 Å². The van der Waals surface area contributed by atoms with E-state index in [1.54, 1.807) is 6.07 Å². The molecule has 1 aliphatic carbocycles. The molecule has 0 amide bonds. The van der Waals surface area contributed by atoms with E-state index in [-0.39, 0.29) is 5.56 Å². The summed E-state index contributed by atoms with van der Waals surface area (Å²) < 4.78 is 18.3. The van der Waals surface area contributed by atoms with Crippen molar-refractivity contribution in [2.75, 3.05) is 7.11 Å². The number of rotatable bonds is 4. The summed E-state index contributed by atoms with van der Waals surface area (Å²) in [6.45, 7) is 5.16. The van der Waals surface area contributed by atoms with Crippen LogP contribution in [0.5, 0.6) is 0 Å². The van der Waals surface area contributed by atoms with E-state index in [0.29, 0.717) is 18.5 Å². The van der Waals surface area contributed by atoms with Crippen LogP contribution in [0.15, 0.2) is 18.2 Å². The normalized spacial score (nSPS) is 25.7. The van der Waals surface area contributed by atoms with E-state index < -0.39 is 11.8 Å². The van der Waals surface area contributed by atoms with Gasteiger partial charge in [0.05, 0.1) is 12.7 Å². The molecule has 1 N–H and O–H groups in total. The molecule has 4 heteroatoms. The first-order valence-electron chi connectivity index (χ1n) is 7.13. The van der Waals surface area contributed by atoms with Gasteiger partial charge in [-0.05, 0) is 42.4 Å². The highest BCUT2D eigenvalue weighted by Crippen LogP contribution is 2.31. The van der Waals surface area contributed by atoms with E-state index in [4.69, 9.17) is 0 Å². The van der Waals surface area contributed by atoms with Gasteiger partial charge in [-0.15, -0.1) is 0 Å². The van der Waals surface area contributed by atoms with Crippen LogP contribution in [0.3, 0.4) is 0 Å². The summed E-state index contributed by atoms with van der Waals surface area (Å²) in [5.74, 6) is 0.226. The first-order valence-corrected chi connectivity index (χ1v) is 7.13. The van der Waals surface area contributed by atoms with E-state index in [9.17, 15) is 9.18 Å². The number of ether oxygens (including phenoxy) is 1. The SMILES string of the molecule is COC(=O)c1ccc(CNC2CCC(C)C2C)cc1F. The molecule has 3 atom stereocenters. The Labute approximate surface area is 119 Å². The molecule has 3 unspecified atom stereocenters. The second kappa shape index (κ2) is 6.35. The molecule has 110 valence electrons. The number of esters is 1. The average molecular weight is 279 g/mol. The van der Waals surface area contributed by atoms with Crippen molar-refractivity contribution >= 4 is 5.97 Å². The lowest BCUT2D eigenvalue weighted by atomic mass is 9.97. The van der Waals surface area contributed by atoms with E-state index in [2.05, 4.69) is 23.9 Å². The van der Waals surface area contributed by atoms with Crippen molar-refractivity contribution in [1.82, 2.24) is 5.32 Å². The predicted molar refractivity (Wildman–Crippen MR) is 75.9 cm³/mol. The van der Waals surface area contributed by atoms with Gasteiger partial charge in [-0.2, -0.15) is 0 Å². The summed E-state index contributed by atoms with van der Waals surface area (Å²) in [5.41, 5.74) is 0.834. The Kier molecular flexibility index (Phi) is 4.76. The minimum atomic E-state index is -0.639. The molecule has 3 nitrogen and oxygen atoms in total. The Morgan fingerprint density at radius 3 is 2.70 bits per heavy atom. The summed E-state index contributed by atoms with van der Waals surface area (Å²) in [6, 6.07) is 5.15. The van der Waals surface area contributed by atoms with Crippen LogP contribution in [0.4, 0.5) is 4.39 Å². The third-order valence-electron chi connectivity index (χ3n) is 4.47. The lowest BCUT2D eigenvalue weighted by Crippen LogP contribution is -2.31. The van der Waals surface area contributed by atoms with Gasteiger partial charge in [-0.1, -0.05) is 19.9 Å². The van der Waals surface area contributed by atoms with Crippen molar-refractivity contribution in [3.8, 4) is 0 Å². The van der Waals surface area contributed by atoms with E-state index in [1.165, 1.54) is 32.1 Å². The summed E-state index contributed by atoms with van der Waals surface area (Å²) in [4.78, 5) is 11.3. The molecule has 0 radical (unpaired) electrons. The highest BCUT2D eigenvalue weighted by Gasteiger charge is 2.29. The zero-order valence-electron chi connectivity index (χ0n) is 12.3. The number of carbonyl (C=O) groups is 1. The molecule has 20 heavy (non-hydrogen) atoms. The molecule has 0 heterocycles. The Morgan fingerprint density at radius 2 is 2.15 bits per heavy atom. The predicted octanol–water partition coefficient (Wildman–Crippen LogP) is 3.14. The molecule has 1 saturated carbocycles. The molecule has 1 fully saturated rings. The fraction of sp³-hybridized carbons (Fsp3) is 0.562. The van der Waals surface area contributed by atoms with Crippen LogP contribution in [0.2, 0.25) is 0 Å². The smallest absolute Gasteiger partial charge is 0.340 e. The van der Waals surface area contributed by atoms with Gasteiger partial charge in [0.1, 0.15) is 5.82 Å². The van der Waals surface area contributed by atoms with Crippen molar-refractivity contribution < 1.29 is 13.9 Å². The first kappa shape index (κ1) is 15.0. The van der Waals surface area contributed by atoms with Gasteiger partial charge in [0.2, 0.25) is 0 Å². The molecule has 1 aliphatic rings. The van der Waals surface area contributed by atoms with Crippen LogP contribution in [0, 0.1) is 17.7 Å². The third kappa shape index (κ3) is 3.18. The van der Waals surface area contributed by atoms with Crippen LogP contribution in [-0.2, 0) is 11.3 Å². The summed E-state index contributed by atoms with van der Waals surface area (Å²) >= 11 is 0. The number of halogens is 1. The van der Waals surface area contributed by atoms with Crippen LogP contribution >= 0.6 is 0 Å². The second-order valence-electron chi connectivity index (χ2n) is 5.71. The number of nitrogens with one attached hydrogen (secondary N) is 1. The van der Waals surface area contributed by atoms with E-state index >= 15 is 0 Å². The number of hydrogen-bond acceptors (Lipinski definition) is 3. The zero-order chi connectivity index (χ0) is 14.7. The Balaban J connectivity index is 1.97. The Morgan fingerprint density at radius 1 is 1.40 bits per heavy atom. The standard InChI is InChI=1S/C16H22FNO2/c1-10-4-7-15(11(10)2)18-9-12-5-6-13(14(17)8-12)16(19)20-3/h5-6,8,10-11,15,18H,4,7,9H2,1-3H3. The summed E-state index contributed by atoms with van der Waals surface area (Å²) in [7, 11) is 1.25. The first-order chi connectivity index (χ1) is 9.52. The number of carbonyl (C=O) groups excluding carboxylic acids is 1. The van der Waals surface area contributed by atoms with Crippen molar-refractivity contribution in [3.63, 3.8) is 0 Å². The Hall–Kier alpha value is -1.42. The molecular formula is C16H22FNO2. The molecular weight excluding hydrogens is 257 g/mol. The molecule has 2 rings (SSSR count). The molecule has 0 bridgehead atoms. The van der Waals surface area contributed by atoms with Crippen molar-refractivity contribution in [2.24, 2.45) is 11.8 Å². The molecule has 0 aromatic heterocycles. The maximum absolute atomic E-state index is 13.8. The average Bonchev–Trinajstić information content (AvgIpc) is 2.76. The zero-order valence-corrected chi connectivity index (χ0v) is 12.3. The highest BCUT2D eigenvalue weighted by atomic mass is 19.1. The maximum Gasteiger partial charge on any atom is 0.340 e. The van der Waals surface area contributed by atoms with Crippen molar-refractivity contribution in [1.29, 1.82) is 0 Å². The van der Waals surface area contributed by atoms with Gasteiger partial charge in [0.15, 0.2) is 0 Å². The number of methoxy groups -OCH3 is 1. The van der Waals surface area contributed by atoms with Gasteiger partial charge in [0.25, 0.3) is 0 Å². The lowest BCUT2D eigenvalue weighted by Gasteiger charge is -2.19. The molecule has 0 spiro atoms. The molecule has 1 aromatic carbocycles. The quantitative estimate of drug-likeness (QED) is 0.861. The summed E-state index contributed by atoms with van der Waals surface area (Å²) in [6.07, 6.45) is 2.42. The van der Waals surface area contributed by atoms with Crippen LogP contribution in [0.25, 0.3) is 0 Å². The van der Waals surface area contributed by atoms with Crippen LogP contribution in [0.1, 0.15) is 42.6 Å². The number of benzene rings is 1. The molecule has 1 aromatic rings. The second-order valence-corrected chi connectivity index (χ2v) is 5.71. The fourth-order valence-corrected chi connectivity index (χ4v) is 2.85. The van der Waals surface area contributed by atoms with E-state index in [1.807, 2.05) is 0 Å². The lowest BCUT2D eigenvalue weighted by molar-refractivity contribution is 0.0595. The van der Waals surface area contributed by atoms with Gasteiger partial charge in [-0.3, -0.25) is 0 Å². The highest BCUT2D eigenvalue weighted by molar-refractivity contribution is 5.89. The molecule has 0 saturated heterocycles. The maximum atomic E-state index is 13.8. The minimum absolute atomic E-state index is 0.0147.